The van der Waals surface area contributed by atoms with E-state index in [1.807, 2.05) is 0 Å². The van der Waals surface area contributed by atoms with Gasteiger partial charge in [-0.2, -0.15) is 36.5 Å². The van der Waals surface area contributed by atoms with Gasteiger partial charge >= 0.3 is 12.4 Å². The Bertz CT molecular complexity index is 1380. The fourth-order valence-corrected chi connectivity index (χ4v) is 3.32. The number of benzene rings is 2. The van der Waals surface area contributed by atoms with E-state index in [1.54, 1.807) is 12.1 Å². The molecule has 3 N–H and O–H groups in total. The van der Waals surface area contributed by atoms with Gasteiger partial charge in [-0.05, 0) is 29.8 Å². The van der Waals surface area contributed by atoms with E-state index >= 15 is 0 Å². The van der Waals surface area contributed by atoms with Gasteiger partial charge in [-0.25, -0.2) is 4.98 Å². The van der Waals surface area contributed by atoms with Crippen LogP contribution in [-0.2, 0) is 12.4 Å². The van der Waals surface area contributed by atoms with Crippen molar-refractivity contribution in [3.8, 4) is 16.9 Å². The number of halogens is 6. The highest BCUT2D eigenvalue weighted by atomic mass is 19.4. The lowest BCUT2D eigenvalue weighted by molar-refractivity contribution is -0.138. The zero-order chi connectivity index (χ0) is 25.4. The number of nitrogens with zero attached hydrogens (tertiary/aromatic N) is 4. The minimum absolute atomic E-state index is 0.115. The number of para-hydroxylation sites is 1. The molecule has 13 heteroatoms. The Morgan fingerprint density at radius 3 is 2.17 bits per heavy atom. The van der Waals surface area contributed by atoms with Crippen LogP contribution < -0.4 is 11.1 Å². The largest absolute Gasteiger partial charge is 0.420 e. The van der Waals surface area contributed by atoms with E-state index < -0.39 is 46.5 Å². The molecule has 0 aliphatic carbocycles. The zero-order valence-corrected chi connectivity index (χ0v) is 17.4. The molecule has 0 saturated heterocycles. The Balaban J connectivity index is 1.71. The summed E-state index contributed by atoms with van der Waals surface area (Å²) in [4.78, 5) is 17.0. The predicted octanol–water partition coefficient (Wildman–Crippen LogP) is 5.20. The third-order valence-corrected chi connectivity index (χ3v) is 4.88. The minimum Gasteiger partial charge on any atom is -0.398 e. The van der Waals surface area contributed by atoms with Crippen molar-refractivity contribution in [2.24, 2.45) is 0 Å². The molecule has 4 aromatic rings. The first-order valence-corrected chi connectivity index (χ1v) is 9.76. The van der Waals surface area contributed by atoms with E-state index in [0.717, 1.165) is 30.7 Å². The first-order valence-electron chi connectivity index (χ1n) is 9.76. The number of carbonyl (C=O) groups excluding carboxylic acids is 1. The molecule has 0 unspecified atom stereocenters. The van der Waals surface area contributed by atoms with Crippen LogP contribution in [0.1, 0.15) is 21.5 Å². The van der Waals surface area contributed by atoms with Gasteiger partial charge in [-0.3, -0.25) is 4.79 Å². The Kier molecular flexibility index (Phi) is 5.92. The third-order valence-electron chi connectivity index (χ3n) is 4.88. The molecule has 0 aliphatic heterocycles. The van der Waals surface area contributed by atoms with Crippen molar-refractivity contribution in [3.63, 3.8) is 0 Å². The van der Waals surface area contributed by atoms with E-state index in [0.29, 0.717) is 16.4 Å². The number of hydrogen-bond donors (Lipinski definition) is 2. The second-order valence-corrected chi connectivity index (χ2v) is 7.21. The van der Waals surface area contributed by atoms with Gasteiger partial charge in [0.05, 0.1) is 35.4 Å². The molecule has 2 aromatic heterocycles. The first-order chi connectivity index (χ1) is 16.4. The van der Waals surface area contributed by atoms with Gasteiger partial charge in [0.1, 0.15) is 5.56 Å². The van der Waals surface area contributed by atoms with Crippen LogP contribution >= 0.6 is 0 Å². The fraction of sp³-hybridized carbons (Fsp3) is 0.0909. The maximum Gasteiger partial charge on any atom is 0.420 e. The van der Waals surface area contributed by atoms with Crippen LogP contribution in [0.15, 0.2) is 67.1 Å². The second kappa shape index (κ2) is 8.74. The maximum absolute atomic E-state index is 13.8. The summed E-state index contributed by atoms with van der Waals surface area (Å²) in [5.41, 5.74) is 2.68. The van der Waals surface area contributed by atoms with Crippen LogP contribution in [0.3, 0.4) is 0 Å². The molecule has 0 atom stereocenters. The molecular weight excluding hydrogens is 478 g/mol. The monoisotopic (exact) mass is 492 g/mol. The summed E-state index contributed by atoms with van der Waals surface area (Å²) in [6.45, 7) is 0. The first kappa shape index (κ1) is 23.7. The number of pyridine rings is 1. The Morgan fingerprint density at radius 2 is 1.54 bits per heavy atom. The van der Waals surface area contributed by atoms with Gasteiger partial charge in [0.15, 0.2) is 5.82 Å². The predicted molar refractivity (Wildman–Crippen MR) is 113 cm³/mol. The molecule has 2 aromatic carbocycles. The van der Waals surface area contributed by atoms with Gasteiger partial charge < -0.3 is 11.1 Å². The van der Waals surface area contributed by atoms with Crippen molar-refractivity contribution in [2.75, 3.05) is 11.1 Å². The number of hydrogen-bond acceptors (Lipinski definition) is 5. The highest BCUT2D eigenvalue weighted by Gasteiger charge is 2.37. The molecule has 0 saturated carbocycles. The number of alkyl halides is 6. The minimum atomic E-state index is -4.93. The van der Waals surface area contributed by atoms with Crippen LogP contribution in [0.25, 0.3) is 16.9 Å². The summed E-state index contributed by atoms with van der Waals surface area (Å²) >= 11 is 0. The van der Waals surface area contributed by atoms with E-state index in [1.165, 1.54) is 18.2 Å². The second-order valence-electron chi connectivity index (χ2n) is 7.21. The van der Waals surface area contributed by atoms with E-state index in [-0.39, 0.29) is 11.3 Å². The highest BCUT2D eigenvalue weighted by Crippen LogP contribution is 2.37. The molecule has 35 heavy (non-hydrogen) atoms. The summed E-state index contributed by atoms with van der Waals surface area (Å²) in [5, 5.41) is 9.25. The van der Waals surface area contributed by atoms with Crippen molar-refractivity contribution < 1.29 is 31.1 Å². The smallest absolute Gasteiger partial charge is 0.398 e. The summed E-state index contributed by atoms with van der Waals surface area (Å²) in [6, 6.07) is 9.72. The number of nitrogen functional groups attached to an aromatic ring is 1. The van der Waals surface area contributed by atoms with Gasteiger partial charge in [0, 0.05) is 11.3 Å². The third kappa shape index (κ3) is 4.93. The molecule has 2 heterocycles. The molecule has 0 fully saturated rings. The summed E-state index contributed by atoms with van der Waals surface area (Å²) in [5.74, 6) is -1.94. The maximum atomic E-state index is 13.8. The number of carbonyl (C=O) groups is 1. The lowest BCUT2D eigenvalue weighted by atomic mass is 9.97. The molecule has 180 valence electrons. The molecule has 7 nitrogen and oxygen atoms in total. The molecule has 0 aliphatic rings. The van der Waals surface area contributed by atoms with Crippen molar-refractivity contribution >= 4 is 17.3 Å². The topological polar surface area (TPSA) is 98.7 Å². The standard InChI is InChI=1S/C22H14F6N6O/c23-21(24,25)16-9-12(14-3-1-2-4-18(14)29)5-6-15(16)20(35)33-13-10-17(22(26,27)28)19(30-11-13)34-31-7-8-32-34/h1-11H,29H2,(H,33,35). The van der Waals surface area contributed by atoms with Gasteiger partial charge in [0.2, 0.25) is 0 Å². The van der Waals surface area contributed by atoms with Crippen molar-refractivity contribution in [2.45, 2.75) is 12.4 Å². The summed E-state index contributed by atoms with van der Waals surface area (Å²) < 4.78 is 82.0. The average molecular weight is 492 g/mol. The molecule has 0 radical (unpaired) electrons. The Morgan fingerprint density at radius 1 is 0.886 bits per heavy atom. The van der Waals surface area contributed by atoms with E-state index in [4.69, 9.17) is 5.73 Å². The van der Waals surface area contributed by atoms with Gasteiger partial charge in [-0.1, -0.05) is 24.3 Å². The van der Waals surface area contributed by atoms with Crippen LogP contribution in [0.5, 0.6) is 0 Å². The molecule has 0 spiro atoms. The zero-order valence-electron chi connectivity index (χ0n) is 17.4. The molecule has 4 rings (SSSR count). The lowest BCUT2D eigenvalue weighted by Gasteiger charge is -2.16. The lowest BCUT2D eigenvalue weighted by Crippen LogP contribution is -2.20. The number of rotatable bonds is 4. The van der Waals surface area contributed by atoms with E-state index in [2.05, 4.69) is 20.5 Å². The van der Waals surface area contributed by atoms with Gasteiger partial charge in [-0.15, -0.1) is 4.80 Å². The molecular formula is C22H14F6N6O. The van der Waals surface area contributed by atoms with Gasteiger partial charge in [0.25, 0.3) is 5.91 Å². The summed E-state index contributed by atoms with van der Waals surface area (Å²) in [7, 11) is 0. The Labute approximate surface area is 193 Å². The normalized spacial score (nSPS) is 11.9. The van der Waals surface area contributed by atoms with Crippen molar-refractivity contribution in [1.82, 2.24) is 20.0 Å². The fourth-order valence-electron chi connectivity index (χ4n) is 3.32. The van der Waals surface area contributed by atoms with Crippen molar-refractivity contribution in [1.29, 1.82) is 0 Å². The Hall–Kier alpha value is -4.42. The van der Waals surface area contributed by atoms with Crippen LogP contribution in [0.2, 0.25) is 0 Å². The highest BCUT2D eigenvalue weighted by molar-refractivity contribution is 6.06. The number of anilines is 2. The van der Waals surface area contributed by atoms with Crippen LogP contribution in [0, 0.1) is 0 Å². The number of nitrogens with two attached hydrogens (primary N) is 1. The summed E-state index contributed by atoms with van der Waals surface area (Å²) in [6.07, 6.45) is -6.70. The van der Waals surface area contributed by atoms with Crippen LogP contribution in [0.4, 0.5) is 37.7 Å². The quantitative estimate of drug-likeness (QED) is 0.301. The average Bonchev–Trinajstić information content (AvgIpc) is 3.33. The molecule has 1 amide bonds. The number of aromatic nitrogens is 4. The number of amides is 1. The SMILES string of the molecule is Nc1ccccc1-c1ccc(C(=O)Nc2cnc(-n3nccn3)c(C(F)(F)F)c2)c(C(F)(F)F)c1. The number of nitrogens with one attached hydrogen (secondary N) is 1. The van der Waals surface area contributed by atoms with Crippen LogP contribution in [-0.4, -0.2) is 25.9 Å². The van der Waals surface area contributed by atoms with Crippen molar-refractivity contribution in [3.05, 3.63) is 83.8 Å². The molecule has 0 bridgehead atoms. The van der Waals surface area contributed by atoms with E-state index in [9.17, 15) is 31.1 Å².